The summed E-state index contributed by atoms with van der Waals surface area (Å²) in [6.45, 7) is 4.37. The molecule has 2 atom stereocenters. The number of hydrogen-bond donors (Lipinski definition) is 0. The second kappa shape index (κ2) is 6.55. The maximum atomic E-state index is 11.9. The molecule has 0 aromatic heterocycles. The lowest BCUT2D eigenvalue weighted by molar-refractivity contribution is -0.152. The van der Waals surface area contributed by atoms with Crippen molar-refractivity contribution in [3.8, 4) is 6.07 Å². The van der Waals surface area contributed by atoms with Gasteiger partial charge in [0.2, 0.25) is 10.0 Å². The van der Waals surface area contributed by atoms with E-state index < -0.39 is 21.4 Å². The van der Waals surface area contributed by atoms with Gasteiger partial charge in [0.1, 0.15) is 0 Å². The van der Waals surface area contributed by atoms with Crippen molar-refractivity contribution in [1.82, 2.24) is 4.31 Å². The van der Waals surface area contributed by atoms with E-state index in [0.29, 0.717) is 19.5 Å². The summed E-state index contributed by atoms with van der Waals surface area (Å²) >= 11 is 0. The van der Waals surface area contributed by atoms with Gasteiger partial charge in [0.25, 0.3) is 0 Å². The number of hydrogen-bond acceptors (Lipinski definition) is 5. The summed E-state index contributed by atoms with van der Waals surface area (Å²) in [5.74, 6) is -0.522. The molecule has 1 aliphatic heterocycles. The molecule has 114 valence electrons. The zero-order chi connectivity index (χ0) is 15.4. The van der Waals surface area contributed by atoms with Crippen molar-refractivity contribution in [3.63, 3.8) is 0 Å². The van der Waals surface area contributed by atoms with Crippen LogP contribution in [-0.2, 0) is 19.6 Å². The molecule has 6 nitrogen and oxygen atoms in total. The fourth-order valence-corrected chi connectivity index (χ4v) is 3.48. The van der Waals surface area contributed by atoms with Gasteiger partial charge in [-0.25, -0.2) is 12.7 Å². The molecule has 1 saturated heterocycles. The first kappa shape index (κ1) is 16.9. The lowest BCUT2D eigenvalue weighted by Gasteiger charge is -2.33. The molecule has 1 fully saturated rings. The molecule has 0 N–H and O–H groups in total. The Labute approximate surface area is 120 Å². The molecule has 1 heterocycles. The third kappa shape index (κ3) is 4.18. The van der Waals surface area contributed by atoms with E-state index in [1.165, 1.54) is 10.6 Å². The molecule has 0 amide bonds. The number of ether oxygens (including phenoxy) is 1. The molecule has 7 heteroatoms. The highest BCUT2D eigenvalue weighted by molar-refractivity contribution is 7.88. The largest absolute Gasteiger partial charge is 0.465 e. The smallest absolute Gasteiger partial charge is 0.326 e. The molecule has 0 aromatic rings. The first-order valence-corrected chi connectivity index (χ1v) is 8.61. The molecule has 1 rings (SSSR count). The molecule has 0 spiro atoms. The van der Waals surface area contributed by atoms with Crippen LogP contribution in [0.15, 0.2) is 0 Å². The first-order valence-electron chi connectivity index (χ1n) is 6.76. The van der Waals surface area contributed by atoms with Gasteiger partial charge in [-0.05, 0) is 39.0 Å². The second-order valence-electron chi connectivity index (χ2n) is 5.50. The van der Waals surface area contributed by atoms with Gasteiger partial charge in [-0.1, -0.05) is 0 Å². The number of carbonyl (C=O) groups is 1. The second-order valence-corrected chi connectivity index (χ2v) is 7.48. The minimum Gasteiger partial charge on any atom is -0.465 e. The fraction of sp³-hybridized carbons (Fsp3) is 0.846. The van der Waals surface area contributed by atoms with E-state index in [2.05, 4.69) is 0 Å². The summed E-state index contributed by atoms with van der Waals surface area (Å²) in [4.78, 5) is 11.9. The fourth-order valence-electron chi connectivity index (χ4n) is 2.54. The van der Waals surface area contributed by atoms with E-state index in [4.69, 9.17) is 4.74 Å². The Hall–Kier alpha value is -1.13. The van der Waals surface area contributed by atoms with E-state index in [-0.39, 0.29) is 12.5 Å². The SMILES string of the molecule is CCOC(=O)C(C)(C#N)CC1CCCN(S(C)(=O)=O)C1. The van der Waals surface area contributed by atoms with Crippen LogP contribution in [0.25, 0.3) is 0 Å². The van der Waals surface area contributed by atoms with Crippen LogP contribution in [0.2, 0.25) is 0 Å². The number of piperidine rings is 1. The number of sulfonamides is 1. The van der Waals surface area contributed by atoms with Crippen molar-refractivity contribution in [1.29, 1.82) is 5.26 Å². The Balaban J connectivity index is 2.76. The number of carbonyl (C=O) groups excluding carboxylic acids is 1. The Morgan fingerprint density at radius 2 is 2.20 bits per heavy atom. The van der Waals surface area contributed by atoms with E-state index in [1.807, 2.05) is 6.07 Å². The molecule has 2 unspecified atom stereocenters. The van der Waals surface area contributed by atoms with Crippen molar-refractivity contribution in [3.05, 3.63) is 0 Å². The zero-order valence-corrected chi connectivity index (χ0v) is 13.1. The normalized spacial score (nSPS) is 23.6. The number of esters is 1. The summed E-state index contributed by atoms with van der Waals surface area (Å²) in [5.41, 5.74) is -1.21. The molecule has 0 aromatic carbocycles. The van der Waals surface area contributed by atoms with Gasteiger partial charge in [0, 0.05) is 13.1 Å². The number of nitriles is 1. The first-order chi connectivity index (χ1) is 9.23. The highest BCUT2D eigenvalue weighted by Gasteiger charge is 2.39. The van der Waals surface area contributed by atoms with Crippen LogP contribution in [0, 0.1) is 22.7 Å². The average molecular weight is 302 g/mol. The standard InChI is InChI=1S/C13H22N2O4S/c1-4-19-12(16)13(2,10-14)8-11-6-5-7-15(9-11)20(3,17)18/h11H,4-9H2,1-3H3. The quantitative estimate of drug-likeness (QED) is 0.711. The van der Waals surface area contributed by atoms with Gasteiger partial charge in [0.05, 0.1) is 18.9 Å². The van der Waals surface area contributed by atoms with E-state index in [0.717, 1.165) is 12.8 Å². The van der Waals surface area contributed by atoms with Gasteiger partial charge in [-0.15, -0.1) is 0 Å². The van der Waals surface area contributed by atoms with Gasteiger partial charge in [0.15, 0.2) is 5.41 Å². The van der Waals surface area contributed by atoms with Crippen molar-refractivity contribution in [2.45, 2.75) is 33.1 Å². The summed E-state index contributed by atoms with van der Waals surface area (Å²) in [6.07, 6.45) is 3.09. The predicted molar refractivity (Wildman–Crippen MR) is 74.1 cm³/mol. The minimum atomic E-state index is -3.22. The van der Waals surface area contributed by atoms with Crippen LogP contribution >= 0.6 is 0 Å². The third-order valence-corrected chi connectivity index (χ3v) is 4.89. The summed E-state index contributed by atoms with van der Waals surface area (Å²) < 4.78 is 29.5. The lowest BCUT2D eigenvalue weighted by atomic mass is 9.79. The highest BCUT2D eigenvalue weighted by atomic mass is 32.2. The average Bonchev–Trinajstić information content (AvgIpc) is 2.38. The third-order valence-electron chi connectivity index (χ3n) is 3.62. The Morgan fingerprint density at radius 3 is 2.70 bits per heavy atom. The minimum absolute atomic E-state index is 0.00697. The highest BCUT2D eigenvalue weighted by Crippen LogP contribution is 2.32. The van der Waals surface area contributed by atoms with Gasteiger partial charge in [-0.3, -0.25) is 4.79 Å². The molecule has 0 bridgehead atoms. The Kier molecular flexibility index (Phi) is 5.54. The molecule has 20 heavy (non-hydrogen) atoms. The maximum Gasteiger partial charge on any atom is 0.326 e. The summed E-state index contributed by atoms with van der Waals surface area (Å²) in [6, 6.07) is 2.02. The van der Waals surface area contributed by atoms with Crippen LogP contribution < -0.4 is 0 Å². The van der Waals surface area contributed by atoms with Gasteiger partial charge >= 0.3 is 5.97 Å². The topological polar surface area (TPSA) is 87.5 Å². The Bertz CT molecular complexity index is 497. The van der Waals surface area contributed by atoms with Crippen molar-refractivity contribution in [2.24, 2.45) is 11.3 Å². The maximum absolute atomic E-state index is 11.9. The van der Waals surface area contributed by atoms with Crippen molar-refractivity contribution in [2.75, 3.05) is 26.0 Å². The van der Waals surface area contributed by atoms with Crippen molar-refractivity contribution < 1.29 is 17.9 Å². The van der Waals surface area contributed by atoms with Gasteiger partial charge in [-0.2, -0.15) is 5.26 Å². The number of nitrogens with zero attached hydrogens (tertiary/aromatic N) is 2. The van der Waals surface area contributed by atoms with Crippen molar-refractivity contribution >= 4 is 16.0 Å². The summed E-state index contributed by atoms with van der Waals surface area (Å²) in [5, 5.41) is 9.26. The van der Waals surface area contributed by atoms with E-state index in [9.17, 15) is 18.5 Å². The predicted octanol–water partition coefficient (Wildman–Crippen LogP) is 1.14. The van der Waals surface area contributed by atoms with Crippen LogP contribution in [0.4, 0.5) is 0 Å². The zero-order valence-electron chi connectivity index (χ0n) is 12.3. The lowest BCUT2D eigenvalue weighted by Crippen LogP contribution is -2.42. The molecule has 0 radical (unpaired) electrons. The molecular weight excluding hydrogens is 280 g/mol. The van der Waals surface area contributed by atoms with Crippen LogP contribution in [0.1, 0.15) is 33.1 Å². The van der Waals surface area contributed by atoms with Crippen LogP contribution in [0.3, 0.4) is 0 Å². The van der Waals surface area contributed by atoms with Crippen LogP contribution in [-0.4, -0.2) is 44.6 Å². The Morgan fingerprint density at radius 1 is 1.55 bits per heavy atom. The molecule has 0 saturated carbocycles. The van der Waals surface area contributed by atoms with Crippen LogP contribution in [0.5, 0.6) is 0 Å². The molecule has 1 aliphatic rings. The summed E-state index contributed by atoms with van der Waals surface area (Å²) in [7, 11) is -3.22. The molecular formula is C13H22N2O4S. The van der Waals surface area contributed by atoms with Gasteiger partial charge < -0.3 is 4.74 Å². The molecule has 0 aliphatic carbocycles. The van der Waals surface area contributed by atoms with E-state index in [1.54, 1.807) is 13.8 Å². The monoisotopic (exact) mass is 302 g/mol. The number of rotatable bonds is 5. The van der Waals surface area contributed by atoms with E-state index >= 15 is 0 Å².